The van der Waals surface area contributed by atoms with Gasteiger partial charge in [0.1, 0.15) is 5.84 Å². The SMILES string of the molecule is CC(C)c1nscc1C(=N)N. The van der Waals surface area contributed by atoms with Crippen molar-refractivity contribution < 1.29 is 0 Å². The summed E-state index contributed by atoms with van der Waals surface area (Å²) in [6.45, 7) is 4.09. The lowest BCUT2D eigenvalue weighted by Gasteiger charge is -2.02. The molecule has 60 valence electrons. The van der Waals surface area contributed by atoms with Gasteiger partial charge < -0.3 is 5.73 Å². The molecule has 0 bridgehead atoms. The van der Waals surface area contributed by atoms with Gasteiger partial charge in [-0.25, -0.2) is 0 Å². The Morgan fingerprint density at radius 2 is 2.36 bits per heavy atom. The quantitative estimate of drug-likeness (QED) is 0.521. The highest BCUT2D eigenvalue weighted by molar-refractivity contribution is 7.04. The number of nitrogens with zero attached hydrogens (tertiary/aromatic N) is 1. The van der Waals surface area contributed by atoms with Crippen molar-refractivity contribution in [2.24, 2.45) is 5.73 Å². The van der Waals surface area contributed by atoms with Crippen LogP contribution < -0.4 is 5.73 Å². The topological polar surface area (TPSA) is 62.8 Å². The second-order valence-corrected chi connectivity index (χ2v) is 3.31. The van der Waals surface area contributed by atoms with Gasteiger partial charge in [0.15, 0.2) is 0 Å². The summed E-state index contributed by atoms with van der Waals surface area (Å²) >= 11 is 1.35. The van der Waals surface area contributed by atoms with Crippen molar-refractivity contribution in [3.8, 4) is 0 Å². The summed E-state index contributed by atoms with van der Waals surface area (Å²) in [5.74, 6) is 0.461. The summed E-state index contributed by atoms with van der Waals surface area (Å²) < 4.78 is 4.16. The number of amidine groups is 1. The molecule has 1 heterocycles. The van der Waals surface area contributed by atoms with Gasteiger partial charge in [-0.1, -0.05) is 13.8 Å². The minimum Gasteiger partial charge on any atom is -0.384 e. The predicted octanol–water partition coefficient (Wildman–Crippen LogP) is 1.55. The highest BCUT2D eigenvalue weighted by Crippen LogP contribution is 2.18. The van der Waals surface area contributed by atoms with E-state index in [1.165, 1.54) is 11.5 Å². The third-order valence-corrected chi connectivity index (χ3v) is 2.08. The van der Waals surface area contributed by atoms with Crippen molar-refractivity contribution >= 4 is 17.4 Å². The Hall–Kier alpha value is -0.900. The molecule has 0 aliphatic carbocycles. The van der Waals surface area contributed by atoms with Crippen molar-refractivity contribution in [2.45, 2.75) is 19.8 Å². The van der Waals surface area contributed by atoms with Crippen LogP contribution in [0.3, 0.4) is 0 Å². The zero-order chi connectivity index (χ0) is 8.43. The minimum absolute atomic E-state index is 0.113. The van der Waals surface area contributed by atoms with Crippen LogP contribution in [0.1, 0.15) is 31.0 Å². The lowest BCUT2D eigenvalue weighted by molar-refractivity contribution is 0.837. The number of rotatable bonds is 2. The van der Waals surface area contributed by atoms with Gasteiger partial charge in [0.25, 0.3) is 0 Å². The molecule has 0 unspecified atom stereocenters. The molecule has 1 aromatic heterocycles. The number of hydrogen-bond donors (Lipinski definition) is 2. The average molecular weight is 169 g/mol. The fourth-order valence-corrected chi connectivity index (χ4v) is 1.69. The molecule has 0 saturated carbocycles. The lowest BCUT2D eigenvalue weighted by Crippen LogP contribution is -2.12. The molecule has 1 aromatic rings. The van der Waals surface area contributed by atoms with E-state index in [2.05, 4.69) is 4.37 Å². The van der Waals surface area contributed by atoms with Crippen LogP contribution in [0.2, 0.25) is 0 Å². The predicted molar refractivity (Wildman–Crippen MR) is 47.2 cm³/mol. The average Bonchev–Trinajstić information content (AvgIpc) is 2.32. The van der Waals surface area contributed by atoms with Crippen molar-refractivity contribution in [1.82, 2.24) is 4.37 Å². The van der Waals surface area contributed by atoms with Gasteiger partial charge in [0.2, 0.25) is 0 Å². The zero-order valence-corrected chi connectivity index (χ0v) is 7.40. The molecule has 0 aliphatic rings. The van der Waals surface area contributed by atoms with Gasteiger partial charge in [-0.15, -0.1) is 0 Å². The van der Waals surface area contributed by atoms with Crippen LogP contribution in [0.4, 0.5) is 0 Å². The van der Waals surface area contributed by atoms with Crippen molar-refractivity contribution in [2.75, 3.05) is 0 Å². The van der Waals surface area contributed by atoms with E-state index in [9.17, 15) is 0 Å². The summed E-state index contributed by atoms with van der Waals surface area (Å²) in [5.41, 5.74) is 7.06. The standard InChI is InChI=1S/C7H11N3S/c1-4(2)6-5(7(8)9)3-11-10-6/h3-4H,1-2H3,(H3,8,9). The van der Waals surface area contributed by atoms with E-state index in [4.69, 9.17) is 11.1 Å². The fraction of sp³-hybridized carbons (Fsp3) is 0.429. The van der Waals surface area contributed by atoms with E-state index in [1.807, 2.05) is 19.2 Å². The number of nitrogen functional groups attached to an aromatic ring is 1. The molecule has 0 saturated heterocycles. The molecule has 0 atom stereocenters. The van der Waals surface area contributed by atoms with Crippen LogP contribution in [0, 0.1) is 5.41 Å². The summed E-state index contributed by atoms with van der Waals surface area (Å²) in [5, 5.41) is 9.05. The van der Waals surface area contributed by atoms with Crippen LogP contribution in [0.5, 0.6) is 0 Å². The number of aromatic nitrogens is 1. The van der Waals surface area contributed by atoms with E-state index in [0.29, 0.717) is 5.92 Å². The third kappa shape index (κ3) is 1.57. The Labute approximate surface area is 69.9 Å². The second-order valence-electron chi connectivity index (χ2n) is 2.68. The third-order valence-electron chi connectivity index (χ3n) is 1.43. The number of nitrogens with two attached hydrogens (primary N) is 1. The van der Waals surface area contributed by atoms with Crippen LogP contribution in [0.25, 0.3) is 0 Å². The molecule has 11 heavy (non-hydrogen) atoms. The van der Waals surface area contributed by atoms with E-state index in [-0.39, 0.29) is 5.84 Å². The Morgan fingerprint density at radius 3 is 2.73 bits per heavy atom. The molecule has 0 spiro atoms. The van der Waals surface area contributed by atoms with Crippen LogP contribution in [-0.2, 0) is 0 Å². The highest BCUT2D eigenvalue weighted by atomic mass is 32.1. The van der Waals surface area contributed by atoms with E-state index >= 15 is 0 Å². The largest absolute Gasteiger partial charge is 0.384 e. The number of hydrogen-bond acceptors (Lipinski definition) is 3. The maximum absolute atomic E-state index is 7.23. The van der Waals surface area contributed by atoms with Crippen LogP contribution in [0.15, 0.2) is 5.38 Å². The van der Waals surface area contributed by atoms with E-state index in [1.54, 1.807) is 0 Å². The zero-order valence-electron chi connectivity index (χ0n) is 6.59. The first-order valence-electron chi connectivity index (χ1n) is 3.41. The molecular formula is C7H11N3S. The van der Waals surface area contributed by atoms with E-state index < -0.39 is 0 Å². The summed E-state index contributed by atoms with van der Waals surface area (Å²) in [6.07, 6.45) is 0. The summed E-state index contributed by atoms with van der Waals surface area (Å²) in [6, 6.07) is 0. The first-order valence-corrected chi connectivity index (χ1v) is 4.25. The van der Waals surface area contributed by atoms with Gasteiger partial charge in [0.05, 0.1) is 11.3 Å². The second kappa shape index (κ2) is 3.00. The Morgan fingerprint density at radius 1 is 1.73 bits per heavy atom. The van der Waals surface area contributed by atoms with Gasteiger partial charge in [-0.2, -0.15) is 4.37 Å². The van der Waals surface area contributed by atoms with Gasteiger partial charge >= 0.3 is 0 Å². The normalized spacial score (nSPS) is 10.5. The lowest BCUT2D eigenvalue weighted by atomic mass is 10.1. The monoisotopic (exact) mass is 169 g/mol. The first-order chi connectivity index (χ1) is 5.13. The molecule has 3 N–H and O–H groups in total. The Balaban J connectivity index is 3.06. The molecule has 0 amide bonds. The van der Waals surface area contributed by atoms with Crippen molar-refractivity contribution in [3.05, 3.63) is 16.6 Å². The van der Waals surface area contributed by atoms with Gasteiger partial charge in [-0.3, -0.25) is 5.41 Å². The molecule has 4 heteroatoms. The van der Waals surface area contributed by atoms with Crippen LogP contribution >= 0.6 is 11.5 Å². The fourth-order valence-electron chi connectivity index (χ4n) is 0.863. The maximum atomic E-state index is 7.23. The van der Waals surface area contributed by atoms with Crippen molar-refractivity contribution in [3.63, 3.8) is 0 Å². The summed E-state index contributed by atoms with van der Waals surface area (Å²) in [7, 11) is 0. The van der Waals surface area contributed by atoms with Gasteiger partial charge in [-0.05, 0) is 17.5 Å². The Bertz CT molecular complexity index is 264. The highest BCUT2D eigenvalue weighted by Gasteiger charge is 2.10. The van der Waals surface area contributed by atoms with Crippen LogP contribution in [-0.4, -0.2) is 10.2 Å². The molecule has 0 aliphatic heterocycles. The molecule has 0 aromatic carbocycles. The Kier molecular flexibility index (Phi) is 2.24. The molecular weight excluding hydrogens is 158 g/mol. The maximum Gasteiger partial charge on any atom is 0.125 e. The molecule has 0 fully saturated rings. The minimum atomic E-state index is 0.113. The summed E-state index contributed by atoms with van der Waals surface area (Å²) in [4.78, 5) is 0. The smallest absolute Gasteiger partial charge is 0.125 e. The number of nitrogens with one attached hydrogen (secondary N) is 1. The molecule has 1 rings (SSSR count). The first kappa shape index (κ1) is 8.20. The van der Waals surface area contributed by atoms with Gasteiger partial charge in [0, 0.05) is 5.38 Å². The molecule has 0 radical (unpaired) electrons. The van der Waals surface area contributed by atoms with Crippen molar-refractivity contribution in [1.29, 1.82) is 5.41 Å². The van der Waals surface area contributed by atoms with E-state index in [0.717, 1.165) is 11.3 Å². The molecule has 3 nitrogen and oxygen atoms in total.